The van der Waals surface area contributed by atoms with Gasteiger partial charge in [0.15, 0.2) is 0 Å². The Labute approximate surface area is 179 Å². The van der Waals surface area contributed by atoms with Crippen molar-refractivity contribution >= 4 is 11.8 Å². The molecular formula is C23H21N3O3S. The van der Waals surface area contributed by atoms with Crippen LogP contribution in [0.25, 0.3) is 16.9 Å². The number of benzene rings is 3. The third kappa shape index (κ3) is 4.11. The first-order chi connectivity index (χ1) is 14.7. The average molecular weight is 420 g/mol. The number of hydrogen-bond acceptors (Lipinski definition) is 6. The normalized spacial score (nSPS) is 10.6. The molecule has 1 aromatic heterocycles. The van der Waals surface area contributed by atoms with Crippen LogP contribution in [0.4, 0.5) is 0 Å². The van der Waals surface area contributed by atoms with E-state index in [0.717, 1.165) is 38.2 Å². The Morgan fingerprint density at radius 2 is 1.53 bits per heavy atom. The molecule has 0 spiro atoms. The highest BCUT2D eigenvalue weighted by Gasteiger charge is 2.14. The Bertz CT molecular complexity index is 1140. The van der Waals surface area contributed by atoms with E-state index in [1.165, 1.54) is 0 Å². The van der Waals surface area contributed by atoms with Gasteiger partial charge in [-0.15, -0.1) is 5.10 Å². The molecule has 6 nitrogen and oxygen atoms in total. The maximum Gasteiger partial charge on any atom is 0.144 e. The minimum absolute atomic E-state index is 0.688. The highest BCUT2D eigenvalue weighted by atomic mass is 32.2. The van der Waals surface area contributed by atoms with Crippen molar-refractivity contribution < 1.29 is 14.2 Å². The third-order valence-corrected chi connectivity index (χ3v) is 5.66. The highest BCUT2D eigenvalue weighted by Crippen LogP contribution is 2.36. The van der Waals surface area contributed by atoms with Crippen molar-refractivity contribution in [1.29, 1.82) is 0 Å². The lowest BCUT2D eigenvalue weighted by molar-refractivity contribution is 0.400. The summed E-state index contributed by atoms with van der Waals surface area (Å²) < 4.78 is 17.8. The van der Waals surface area contributed by atoms with E-state index >= 15 is 0 Å². The lowest BCUT2D eigenvalue weighted by atomic mass is 10.2. The first-order valence-corrected chi connectivity index (χ1v) is 10.1. The largest absolute Gasteiger partial charge is 0.497 e. The molecule has 0 atom stereocenters. The minimum atomic E-state index is 0.688. The van der Waals surface area contributed by atoms with E-state index in [1.807, 2.05) is 66.9 Å². The summed E-state index contributed by atoms with van der Waals surface area (Å²) in [6.07, 6.45) is 1.89. The first kappa shape index (κ1) is 19.8. The van der Waals surface area contributed by atoms with E-state index in [0.29, 0.717) is 5.75 Å². The van der Waals surface area contributed by atoms with Crippen molar-refractivity contribution in [2.75, 3.05) is 21.3 Å². The van der Waals surface area contributed by atoms with Crippen molar-refractivity contribution in [3.05, 3.63) is 72.9 Å². The summed E-state index contributed by atoms with van der Waals surface area (Å²) in [5.74, 6) is 2.24. The van der Waals surface area contributed by atoms with Gasteiger partial charge in [-0.2, -0.15) is 0 Å². The van der Waals surface area contributed by atoms with E-state index in [4.69, 9.17) is 14.2 Å². The van der Waals surface area contributed by atoms with Gasteiger partial charge in [0, 0.05) is 21.4 Å². The molecule has 0 radical (unpaired) electrons. The SMILES string of the molecule is COc1ccc(Sc2ccccc2-c2cn(-c3cc(OC)ccc3OC)nn2)cc1. The molecule has 0 bridgehead atoms. The van der Waals surface area contributed by atoms with Crippen molar-refractivity contribution in [3.63, 3.8) is 0 Å². The fourth-order valence-corrected chi connectivity index (χ4v) is 3.97. The number of methoxy groups -OCH3 is 3. The van der Waals surface area contributed by atoms with Crippen LogP contribution in [0.1, 0.15) is 0 Å². The second-order valence-corrected chi connectivity index (χ2v) is 7.48. The zero-order chi connectivity index (χ0) is 20.9. The lowest BCUT2D eigenvalue weighted by Crippen LogP contribution is -1.99. The summed E-state index contributed by atoms with van der Waals surface area (Å²) in [5, 5.41) is 8.73. The van der Waals surface area contributed by atoms with Crippen molar-refractivity contribution in [1.82, 2.24) is 15.0 Å². The van der Waals surface area contributed by atoms with Crippen LogP contribution in [0.2, 0.25) is 0 Å². The van der Waals surface area contributed by atoms with Crippen molar-refractivity contribution in [3.8, 4) is 34.2 Å². The summed E-state index contributed by atoms with van der Waals surface area (Å²) in [6.45, 7) is 0. The third-order valence-electron chi connectivity index (χ3n) is 4.58. The molecule has 0 saturated carbocycles. The van der Waals surface area contributed by atoms with Gasteiger partial charge in [0.25, 0.3) is 0 Å². The van der Waals surface area contributed by atoms with Crippen LogP contribution in [-0.4, -0.2) is 36.3 Å². The van der Waals surface area contributed by atoms with Gasteiger partial charge in [0.2, 0.25) is 0 Å². The quantitative estimate of drug-likeness (QED) is 0.415. The monoisotopic (exact) mass is 419 g/mol. The topological polar surface area (TPSA) is 58.4 Å². The number of aromatic nitrogens is 3. The van der Waals surface area contributed by atoms with Gasteiger partial charge in [-0.05, 0) is 42.5 Å². The van der Waals surface area contributed by atoms with E-state index in [1.54, 1.807) is 37.8 Å². The Balaban J connectivity index is 1.67. The predicted molar refractivity (Wildman–Crippen MR) is 117 cm³/mol. The van der Waals surface area contributed by atoms with Gasteiger partial charge < -0.3 is 14.2 Å². The van der Waals surface area contributed by atoms with Gasteiger partial charge in [-0.25, -0.2) is 4.68 Å². The molecule has 0 unspecified atom stereocenters. The Kier molecular flexibility index (Phi) is 5.90. The first-order valence-electron chi connectivity index (χ1n) is 9.28. The molecule has 4 aromatic rings. The fraction of sp³-hybridized carbons (Fsp3) is 0.130. The summed E-state index contributed by atoms with van der Waals surface area (Å²) in [5.41, 5.74) is 2.54. The molecule has 0 N–H and O–H groups in total. The van der Waals surface area contributed by atoms with Crippen LogP contribution in [-0.2, 0) is 0 Å². The van der Waals surface area contributed by atoms with E-state index in [-0.39, 0.29) is 0 Å². The van der Waals surface area contributed by atoms with Gasteiger partial charge in [0.1, 0.15) is 28.6 Å². The van der Waals surface area contributed by atoms with E-state index in [9.17, 15) is 0 Å². The van der Waals surface area contributed by atoms with E-state index in [2.05, 4.69) is 16.4 Å². The van der Waals surface area contributed by atoms with Gasteiger partial charge in [-0.1, -0.05) is 35.2 Å². The second kappa shape index (κ2) is 8.92. The maximum absolute atomic E-state index is 5.48. The lowest BCUT2D eigenvalue weighted by Gasteiger charge is -2.09. The molecule has 0 aliphatic rings. The van der Waals surface area contributed by atoms with Crippen LogP contribution in [0, 0.1) is 0 Å². The predicted octanol–water partition coefficient (Wildman–Crippen LogP) is 5.11. The molecule has 3 aromatic carbocycles. The Morgan fingerprint density at radius 3 is 2.27 bits per heavy atom. The second-order valence-electron chi connectivity index (χ2n) is 6.36. The average Bonchev–Trinajstić information content (AvgIpc) is 3.29. The number of ether oxygens (including phenoxy) is 3. The standard InChI is InChI=1S/C23H21N3O3S/c1-27-16-8-11-18(12-9-16)30-23-7-5-4-6-19(23)20-15-26(25-24-20)21-14-17(28-2)10-13-22(21)29-3/h4-15H,1-3H3. The van der Waals surface area contributed by atoms with Crippen molar-refractivity contribution in [2.45, 2.75) is 9.79 Å². The molecule has 0 aliphatic heterocycles. The molecule has 30 heavy (non-hydrogen) atoms. The number of rotatable bonds is 7. The maximum atomic E-state index is 5.48. The van der Waals surface area contributed by atoms with Crippen LogP contribution in [0.15, 0.2) is 82.7 Å². The zero-order valence-corrected chi connectivity index (χ0v) is 17.7. The van der Waals surface area contributed by atoms with Crippen LogP contribution in [0.5, 0.6) is 17.2 Å². The molecule has 0 saturated heterocycles. The molecule has 7 heteroatoms. The summed E-state index contributed by atoms with van der Waals surface area (Å²) in [7, 11) is 4.92. The van der Waals surface area contributed by atoms with E-state index < -0.39 is 0 Å². The van der Waals surface area contributed by atoms with Gasteiger partial charge in [0.05, 0.1) is 27.5 Å². The fourth-order valence-electron chi connectivity index (χ4n) is 3.02. The Hall–Kier alpha value is -3.45. The van der Waals surface area contributed by atoms with Crippen LogP contribution < -0.4 is 14.2 Å². The summed E-state index contributed by atoms with van der Waals surface area (Å²) in [6, 6.07) is 21.7. The smallest absolute Gasteiger partial charge is 0.144 e. The molecular weight excluding hydrogens is 398 g/mol. The van der Waals surface area contributed by atoms with Crippen molar-refractivity contribution in [2.24, 2.45) is 0 Å². The molecule has 0 amide bonds. The molecule has 1 heterocycles. The molecule has 152 valence electrons. The number of nitrogens with zero attached hydrogens (tertiary/aromatic N) is 3. The van der Waals surface area contributed by atoms with Gasteiger partial charge >= 0.3 is 0 Å². The summed E-state index contributed by atoms with van der Waals surface area (Å²) in [4.78, 5) is 2.21. The molecule has 0 aliphatic carbocycles. The summed E-state index contributed by atoms with van der Waals surface area (Å²) >= 11 is 1.67. The Morgan fingerprint density at radius 1 is 0.800 bits per heavy atom. The van der Waals surface area contributed by atoms with Crippen LogP contribution >= 0.6 is 11.8 Å². The number of hydrogen-bond donors (Lipinski definition) is 0. The van der Waals surface area contributed by atoms with Gasteiger partial charge in [-0.3, -0.25) is 0 Å². The highest BCUT2D eigenvalue weighted by molar-refractivity contribution is 7.99. The molecule has 0 fully saturated rings. The minimum Gasteiger partial charge on any atom is -0.497 e. The van der Waals surface area contributed by atoms with Crippen LogP contribution in [0.3, 0.4) is 0 Å². The zero-order valence-electron chi connectivity index (χ0n) is 16.9. The molecule has 4 rings (SSSR count).